The van der Waals surface area contributed by atoms with Crippen LogP contribution in [0.1, 0.15) is 53.8 Å². The molecule has 1 aliphatic carbocycles. The lowest BCUT2D eigenvalue weighted by Gasteiger charge is -2.19. The first-order valence-electron chi connectivity index (χ1n) is 7.32. The van der Waals surface area contributed by atoms with Crippen molar-refractivity contribution in [3.63, 3.8) is 0 Å². The zero-order valence-corrected chi connectivity index (χ0v) is 13.7. The summed E-state index contributed by atoms with van der Waals surface area (Å²) in [5, 5.41) is 1.20. The average Bonchev–Trinajstić information content (AvgIpc) is 3.18. The topological polar surface area (TPSA) is 49.6 Å². The molecule has 4 nitrogen and oxygen atoms in total. The maximum absolute atomic E-state index is 12.2. The number of nitrogens with two attached hydrogens (primary N) is 1. The summed E-state index contributed by atoms with van der Waals surface area (Å²) in [5.74, 6) is 0.582. The van der Waals surface area contributed by atoms with Crippen molar-refractivity contribution >= 4 is 27.9 Å². The molecule has 0 spiro atoms. The maximum atomic E-state index is 12.2. The van der Waals surface area contributed by atoms with Crippen molar-refractivity contribution in [1.82, 2.24) is 4.90 Å². The van der Waals surface area contributed by atoms with E-state index in [4.69, 9.17) is 5.73 Å². The Morgan fingerprint density at radius 3 is 2.50 bits per heavy atom. The Labute approximate surface area is 125 Å². The van der Waals surface area contributed by atoms with Crippen LogP contribution in [-0.4, -0.2) is 38.5 Å². The molecule has 112 valence electrons. The largest absolute Gasteiger partial charge is 0.397 e. The van der Waals surface area contributed by atoms with Gasteiger partial charge in [-0.15, -0.1) is 11.3 Å². The molecule has 2 N–H and O–H groups in total. The predicted octanol–water partition coefficient (Wildman–Crippen LogP) is 3.15. The van der Waals surface area contributed by atoms with E-state index < -0.39 is 0 Å². The van der Waals surface area contributed by atoms with E-state index in [2.05, 4.69) is 18.9 Å². The minimum Gasteiger partial charge on any atom is -0.397 e. The van der Waals surface area contributed by atoms with Crippen LogP contribution in [0.4, 0.5) is 10.7 Å². The molecule has 0 bridgehead atoms. The normalized spacial score (nSPS) is 14.4. The zero-order valence-electron chi connectivity index (χ0n) is 12.9. The average molecular weight is 295 g/mol. The van der Waals surface area contributed by atoms with E-state index in [-0.39, 0.29) is 5.91 Å². The second-order valence-electron chi connectivity index (χ2n) is 5.81. The number of thiophene rings is 1. The molecule has 1 amide bonds. The third-order valence-corrected chi connectivity index (χ3v) is 5.07. The van der Waals surface area contributed by atoms with Crippen LogP contribution in [0, 0.1) is 0 Å². The molecule has 0 atom stereocenters. The predicted molar refractivity (Wildman–Crippen MR) is 86.9 cm³/mol. The summed E-state index contributed by atoms with van der Waals surface area (Å²) >= 11 is 1.56. The van der Waals surface area contributed by atoms with Gasteiger partial charge in [-0.25, -0.2) is 0 Å². The van der Waals surface area contributed by atoms with E-state index in [1.165, 1.54) is 29.8 Å². The molecule has 1 fully saturated rings. The molecule has 1 aliphatic rings. The van der Waals surface area contributed by atoms with Gasteiger partial charge in [-0.2, -0.15) is 0 Å². The van der Waals surface area contributed by atoms with E-state index in [1.807, 2.05) is 0 Å². The van der Waals surface area contributed by atoms with Crippen molar-refractivity contribution in [2.75, 3.05) is 38.3 Å². The Kier molecular flexibility index (Phi) is 4.58. The summed E-state index contributed by atoms with van der Waals surface area (Å²) in [7, 11) is 5.66. The Bertz CT molecular complexity index is 492. The van der Waals surface area contributed by atoms with Gasteiger partial charge in [-0.05, 0) is 25.2 Å². The van der Waals surface area contributed by atoms with Crippen LogP contribution in [0.15, 0.2) is 0 Å². The van der Waals surface area contributed by atoms with Crippen molar-refractivity contribution in [3.05, 3.63) is 10.4 Å². The molecule has 1 aromatic heterocycles. The van der Waals surface area contributed by atoms with Gasteiger partial charge >= 0.3 is 0 Å². The standard InChI is InChI=1S/C15H25N3OS/c1-5-6-9-18(4)15-11(10-7-8-10)12(16)13(20-15)14(19)17(2)3/h10H,5-9,16H2,1-4H3. The third kappa shape index (κ3) is 2.92. The number of nitrogen functional groups attached to an aromatic ring is 1. The van der Waals surface area contributed by atoms with Crippen LogP contribution in [0.5, 0.6) is 0 Å². The molecule has 0 unspecified atom stereocenters. The lowest BCUT2D eigenvalue weighted by Crippen LogP contribution is -2.21. The number of carbonyl (C=O) groups is 1. The molecule has 0 aliphatic heterocycles. The van der Waals surface area contributed by atoms with E-state index in [0.29, 0.717) is 10.8 Å². The van der Waals surface area contributed by atoms with Gasteiger partial charge in [0.2, 0.25) is 0 Å². The Balaban J connectivity index is 2.35. The van der Waals surface area contributed by atoms with Crippen LogP contribution in [-0.2, 0) is 0 Å². The number of hydrogen-bond donors (Lipinski definition) is 1. The summed E-state index contributed by atoms with van der Waals surface area (Å²) in [6.07, 6.45) is 4.74. The van der Waals surface area contributed by atoms with Crippen molar-refractivity contribution in [1.29, 1.82) is 0 Å². The molecule has 1 aromatic rings. The lowest BCUT2D eigenvalue weighted by molar-refractivity contribution is 0.0833. The summed E-state index contributed by atoms with van der Waals surface area (Å²) in [5.41, 5.74) is 8.22. The molecule has 1 heterocycles. The first kappa shape index (κ1) is 15.2. The summed E-state index contributed by atoms with van der Waals surface area (Å²) < 4.78 is 0. The second kappa shape index (κ2) is 6.04. The van der Waals surface area contributed by atoms with Gasteiger partial charge in [0, 0.05) is 33.3 Å². The van der Waals surface area contributed by atoms with Crippen molar-refractivity contribution < 1.29 is 4.79 Å². The fraction of sp³-hybridized carbons (Fsp3) is 0.667. The lowest BCUT2D eigenvalue weighted by atomic mass is 10.1. The SMILES string of the molecule is CCCCN(C)c1sc(C(=O)N(C)C)c(N)c1C1CC1. The quantitative estimate of drug-likeness (QED) is 0.877. The first-order chi connectivity index (χ1) is 9.47. The molecular formula is C15H25N3OS. The number of nitrogens with zero attached hydrogens (tertiary/aromatic N) is 2. The van der Waals surface area contributed by atoms with E-state index >= 15 is 0 Å². The molecule has 5 heteroatoms. The van der Waals surface area contributed by atoms with Crippen molar-refractivity contribution in [2.45, 2.75) is 38.5 Å². The van der Waals surface area contributed by atoms with Crippen LogP contribution in [0.2, 0.25) is 0 Å². The highest BCUT2D eigenvalue weighted by Gasteiger charge is 2.34. The molecule has 0 saturated heterocycles. The molecular weight excluding hydrogens is 270 g/mol. The van der Waals surface area contributed by atoms with Gasteiger partial charge in [0.15, 0.2) is 0 Å². The minimum absolute atomic E-state index is 0.0181. The van der Waals surface area contributed by atoms with Gasteiger partial charge in [0.1, 0.15) is 4.88 Å². The molecule has 2 rings (SSSR count). The van der Waals surface area contributed by atoms with Crippen LogP contribution in [0.3, 0.4) is 0 Å². The fourth-order valence-corrected chi connectivity index (χ4v) is 3.67. The number of unbranched alkanes of at least 4 members (excludes halogenated alkanes) is 1. The van der Waals surface area contributed by atoms with Crippen molar-refractivity contribution in [3.8, 4) is 0 Å². The number of amides is 1. The number of carbonyl (C=O) groups excluding carboxylic acids is 1. The summed E-state index contributed by atoms with van der Waals surface area (Å²) in [4.78, 5) is 16.8. The van der Waals surface area contributed by atoms with Gasteiger partial charge in [-0.3, -0.25) is 4.79 Å². The Hall–Kier alpha value is -1.23. The molecule has 0 radical (unpaired) electrons. The van der Waals surface area contributed by atoms with Crippen LogP contribution in [0.25, 0.3) is 0 Å². The second-order valence-corrected chi connectivity index (χ2v) is 6.81. The van der Waals surface area contributed by atoms with Gasteiger partial charge in [0.05, 0.1) is 10.7 Å². The fourth-order valence-electron chi connectivity index (χ4n) is 2.35. The third-order valence-electron chi connectivity index (χ3n) is 3.74. The molecule has 0 aromatic carbocycles. The molecule has 20 heavy (non-hydrogen) atoms. The van der Waals surface area contributed by atoms with Crippen LogP contribution >= 0.6 is 11.3 Å². The highest BCUT2D eigenvalue weighted by atomic mass is 32.1. The van der Waals surface area contributed by atoms with E-state index in [0.717, 1.165) is 18.7 Å². The highest BCUT2D eigenvalue weighted by Crippen LogP contribution is 2.51. The monoisotopic (exact) mass is 295 g/mol. The van der Waals surface area contributed by atoms with Gasteiger partial charge in [0.25, 0.3) is 5.91 Å². The van der Waals surface area contributed by atoms with E-state index in [9.17, 15) is 4.79 Å². The Morgan fingerprint density at radius 1 is 1.35 bits per heavy atom. The summed E-state index contributed by atoms with van der Waals surface area (Å²) in [6, 6.07) is 0. The molecule has 1 saturated carbocycles. The number of hydrogen-bond acceptors (Lipinski definition) is 4. The van der Waals surface area contributed by atoms with Crippen LogP contribution < -0.4 is 10.6 Å². The highest BCUT2D eigenvalue weighted by molar-refractivity contribution is 7.18. The van der Waals surface area contributed by atoms with Gasteiger partial charge < -0.3 is 15.5 Å². The first-order valence-corrected chi connectivity index (χ1v) is 8.13. The Morgan fingerprint density at radius 2 is 2.00 bits per heavy atom. The van der Waals surface area contributed by atoms with Crippen molar-refractivity contribution in [2.24, 2.45) is 0 Å². The minimum atomic E-state index is 0.0181. The van der Waals surface area contributed by atoms with Gasteiger partial charge in [-0.1, -0.05) is 13.3 Å². The zero-order chi connectivity index (χ0) is 14.9. The number of rotatable bonds is 6. The summed E-state index contributed by atoms with van der Waals surface area (Å²) in [6.45, 7) is 3.21. The van der Waals surface area contributed by atoms with E-state index in [1.54, 1.807) is 30.3 Å². The number of anilines is 2. The smallest absolute Gasteiger partial charge is 0.265 e. The maximum Gasteiger partial charge on any atom is 0.265 e.